The second-order valence-corrected chi connectivity index (χ2v) is 6.27. The average molecular weight is 303 g/mol. The van der Waals surface area contributed by atoms with Gasteiger partial charge in [-0.05, 0) is 37.0 Å². The van der Waals surface area contributed by atoms with Gasteiger partial charge in [0.15, 0.2) is 0 Å². The lowest BCUT2D eigenvalue weighted by Gasteiger charge is -2.37. The Hall–Kier alpha value is -0.320. The smallest absolute Gasteiger partial charge is 0.0553 e. The number of nitrogens with zero attached hydrogens (tertiary/aromatic N) is 1. The second kappa shape index (κ2) is 6.42. The molecule has 0 aliphatic carbocycles. The van der Waals surface area contributed by atoms with Crippen molar-refractivity contribution in [3.8, 4) is 0 Å². The van der Waals surface area contributed by atoms with Crippen molar-refractivity contribution < 1.29 is 5.11 Å². The van der Waals surface area contributed by atoms with Gasteiger partial charge in [-0.15, -0.1) is 0 Å². The van der Waals surface area contributed by atoms with Crippen molar-refractivity contribution >= 4 is 23.2 Å². The predicted molar refractivity (Wildman–Crippen MR) is 79.5 cm³/mol. The van der Waals surface area contributed by atoms with E-state index in [4.69, 9.17) is 28.9 Å². The summed E-state index contributed by atoms with van der Waals surface area (Å²) in [7, 11) is 0. The Morgan fingerprint density at radius 3 is 2.79 bits per heavy atom. The summed E-state index contributed by atoms with van der Waals surface area (Å²) in [4.78, 5) is 2.25. The zero-order valence-electron chi connectivity index (χ0n) is 11.0. The first-order valence-electron chi connectivity index (χ1n) is 6.55. The molecule has 1 aliphatic rings. The minimum Gasteiger partial charge on any atom is -0.393 e. The first-order chi connectivity index (χ1) is 8.95. The Balaban J connectivity index is 2.05. The molecule has 3 unspecified atom stereocenters. The van der Waals surface area contributed by atoms with Crippen LogP contribution in [0.3, 0.4) is 0 Å². The van der Waals surface area contributed by atoms with E-state index in [0.29, 0.717) is 10.0 Å². The average Bonchev–Trinajstić information content (AvgIpc) is 2.32. The van der Waals surface area contributed by atoms with E-state index < -0.39 is 0 Å². The third-order valence-electron chi connectivity index (χ3n) is 3.68. The molecule has 2 rings (SSSR count). The fourth-order valence-corrected chi connectivity index (χ4v) is 3.11. The highest BCUT2D eigenvalue weighted by Crippen LogP contribution is 2.25. The number of piperidine rings is 1. The highest BCUT2D eigenvalue weighted by atomic mass is 35.5. The van der Waals surface area contributed by atoms with Crippen molar-refractivity contribution in [2.45, 2.75) is 32.0 Å². The van der Waals surface area contributed by atoms with Gasteiger partial charge in [-0.2, -0.15) is 0 Å². The van der Waals surface area contributed by atoms with Crippen LogP contribution in [0, 0.1) is 5.92 Å². The highest BCUT2D eigenvalue weighted by Gasteiger charge is 2.28. The molecule has 19 heavy (non-hydrogen) atoms. The molecular weight excluding hydrogens is 283 g/mol. The summed E-state index contributed by atoms with van der Waals surface area (Å²) >= 11 is 12.1. The molecule has 1 aromatic rings. The molecule has 0 aromatic heterocycles. The van der Waals surface area contributed by atoms with E-state index >= 15 is 0 Å². The molecule has 0 spiro atoms. The van der Waals surface area contributed by atoms with Crippen LogP contribution in [0.1, 0.15) is 18.9 Å². The number of rotatable bonds is 3. The molecule has 0 radical (unpaired) electrons. The number of likely N-dealkylation sites (tertiary alicyclic amines) is 1. The van der Waals surface area contributed by atoms with Crippen LogP contribution >= 0.6 is 23.2 Å². The fraction of sp³-hybridized carbons (Fsp3) is 0.571. The van der Waals surface area contributed by atoms with Crippen molar-refractivity contribution in [1.29, 1.82) is 0 Å². The first kappa shape index (κ1) is 15.1. The zero-order chi connectivity index (χ0) is 14.0. The molecule has 0 bridgehead atoms. The number of aliphatic hydroxyl groups is 1. The molecule has 1 aliphatic heterocycles. The molecular formula is C14H20Cl2N2O. The molecule has 1 aromatic carbocycles. The molecule has 106 valence electrons. The zero-order valence-corrected chi connectivity index (χ0v) is 12.5. The number of halogens is 2. The van der Waals surface area contributed by atoms with Crippen LogP contribution in [0.5, 0.6) is 0 Å². The summed E-state index contributed by atoms with van der Waals surface area (Å²) in [5.74, 6) is 0.231. The standard InChI is InChI=1S/C14H20Cl2N2O/c1-9(19)11-4-13(17)8-18(7-11)6-10-2-3-12(15)5-14(10)16/h2-3,5,9,11,13,19H,4,6-8,17H2,1H3. The van der Waals surface area contributed by atoms with Crippen LogP contribution in [0.25, 0.3) is 0 Å². The lowest BCUT2D eigenvalue weighted by molar-refractivity contribution is 0.0517. The second-order valence-electron chi connectivity index (χ2n) is 5.43. The quantitative estimate of drug-likeness (QED) is 0.902. The van der Waals surface area contributed by atoms with Gasteiger partial charge in [0.2, 0.25) is 0 Å². The van der Waals surface area contributed by atoms with E-state index in [-0.39, 0.29) is 18.1 Å². The molecule has 3 atom stereocenters. The van der Waals surface area contributed by atoms with E-state index in [2.05, 4.69) is 4.90 Å². The van der Waals surface area contributed by atoms with Gasteiger partial charge in [0.25, 0.3) is 0 Å². The lowest BCUT2D eigenvalue weighted by Crippen LogP contribution is -2.49. The molecule has 1 heterocycles. The van der Waals surface area contributed by atoms with Gasteiger partial charge in [0, 0.05) is 35.7 Å². The number of nitrogens with two attached hydrogens (primary N) is 1. The normalized spacial score (nSPS) is 26.4. The van der Waals surface area contributed by atoms with Crippen molar-refractivity contribution in [1.82, 2.24) is 4.90 Å². The minimum atomic E-state index is -0.325. The van der Waals surface area contributed by atoms with Crippen LogP contribution in [-0.2, 0) is 6.54 Å². The summed E-state index contributed by atoms with van der Waals surface area (Å²) in [6.07, 6.45) is 0.553. The van der Waals surface area contributed by atoms with Crippen LogP contribution in [0.15, 0.2) is 18.2 Å². The summed E-state index contributed by atoms with van der Waals surface area (Å²) in [5, 5.41) is 11.1. The van der Waals surface area contributed by atoms with Crippen molar-refractivity contribution in [3.63, 3.8) is 0 Å². The van der Waals surface area contributed by atoms with E-state index in [1.54, 1.807) is 6.07 Å². The van der Waals surface area contributed by atoms with Gasteiger partial charge in [0.1, 0.15) is 0 Å². The highest BCUT2D eigenvalue weighted by molar-refractivity contribution is 6.35. The van der Waals surface area contributed by atoms with E-state index in [9.17, 15) is 5.11 Å². The number of hydrogen-bond donors (Lipinski definition) is 2. The molecule has 1 saturated heterocycles. The van der Waals surface area contributed by atoms with Gasteiger partial charge >= 0.3 is 0 Å². The molecule has 3 nitrogen and oxygen atoms in total. The Kier molecular flexibility index (Phi) is 5.09. The van der Waals surface area contributed by atoms with Crippen molar-refractivity contribution in [2.24, 2.45) is 11.7 Å². The topological polar surface area (TPSA) is 49.5 Å². The van der Waals surface area contributed by atoms with Gasteiger partial charge in [-0.25, -0.2) is 0 Å². The van der Waals surface area contributed by atoms with E-state index in [1.807, 2.05) is 19.1 Å². The van der Waals surface area contributed by atoms with E-state index in [1.165, 1.54) is 0 Å². The lowest BCUT2D eigenvalue weighted by atomic mass is 9.90. The maximum absolute atomic E-state index is 9.74. The number of hydrogen-bond acceptors (Lipinski definition) is 3. The summed E-state index contributed by atoms with van der Waals surface area (Å²) in [5.41, 5.74) is 7.11. The largest absolute Gasteiger partial charge is 0.393 e. The van der Waals surface area contributed by atoms with Crippen LogP contribution < -0.4 is 5.73 Å². The molecule has 0 amide bonds. The third kappa shape index (κ3) is 4.07. The van der Waals surface area contributed by atoms with Crippen molar-refractivity contribution in [2.75, 3.05) is 13.1 Å². The Morgan fingerprint density at radius 1 is 1.42 bits per heavy atom. The predicted octanol–water partition coefficient (Wildman–Crippen LogP) is 2.52. The Morgan fingerprint density at radius 2 is 2.16 bits per heavy atom. The molecule has 3 N–H and O–H groups in total. The maximum atomic E-state index is 9.74. The number of benzene rings is 1. The third-order valence-corrected chi connectivity index (χ3v) is 4.27. The first-order valence-corrected chi connectivity index (χ1v) is 7.31. The van der Waals surface area contributed by atoms with Gasteiger partial charge in [-0.3, -0.25) is 4.90 Å². The minimum absolute atomic E-state index is 0.111. The Labute approximate surface area is 124 Å². The summed E-state index contributed by atoms with van der Waals surface area (Å²) in [6, 6.07) is 5.66. The fourth-order valence-electron chi connectivity index (χ4n) is 2.65. The van der Waals surface area contributed by atoms with Crippen LogP contribution in [-0.4, -0.2) is 35.2 Å². The van der Waals surface area contributed by atoms with Crippen molar-refractivity contribution in [3.05, 3.63) is 33.8 Å². The monoisotopic (exact) mass is 302 g/mol. The Bertz CT molecular complexity index is 439. The SMILES string of the molecule is CC(O)C1CC(N)CN(Cc2ccc(Cl)cc2Cl)C1. The van der Waals surface area contributed by atoms with Gasteiger partial charge in [-0.1, -0.05) is 29.3 Å². The molecule has 5 heteroatoms. The number of aliphatic hydroxyl groups excluding tert-OH is 1. The van der Waals surface area contributed by atoms with Gasteiger partial charge in [0.05, 0.1) is 6.10 Å². The summed E-state index contributed by atoms with van der Waals surface area (Å²) < 4.78 is 0. The van der Waals surface area contributed by atoms with Crippen LogP contribution in [0.4, 0.5) is 0 Å². The summed E-state index contributed by atoms with van der Waals surface area (Å²) in [6.45, 7) is 4.26. The molecule has 0 saturated carbocycles. The molecule has 1 fully saturated rings. The van der Waals surface area contributed by atoms with E-state index in [0.717, 1.165) is 31.6 Å². The maximum Gasteiger partial charge on any atom is 0.0553 e. The van der Waals surface area contributed by atoms with Crippen LogP contribution in [0.2, 0.25) is 10.0 Å². The van der Waals surface area contributed by atoms with Gasteiger partial charge < -0.3 is 10.8 Å².